The smallest absolute Gasteiger partial charge is 0.316 e. The molecule has 6 heteroatoms. The molecule has 1 aromatic heterocycles. The van der Waals surface area contributed by atoms with Crippen LogP contribution in [0.3, 0.4) is 0 Å². The van der Waals surface area contributed by atoms with Crippen molar-refractivity contribution in [3.05, 3.63) is 65.5 Å². The Kier molecular flexibility index (Phi) is 5.60. The Morgan fingerprint density at radius 1 is 1.10 bits per heavy atom. The van der Waals surface area contributed by atoms with Gasteiger partial charge in [0.1, 0.15) is 0 Å². The van der Waals surface area contributed by atoms with E-state index in [0.29, 0.717) is 12.4 Å². The van der Waals surface area contributed by atoms with E-state index in [-0.39, 0.29) is 11.8 Å². The second-order valence-electron chi connectivity index (χ2n) is 7.81. The van der Waals surface area contributed by atoms with Crippen molar-refractivity contribution in [3.63, 3.8) is 0 Å². The number of nitrogens with zero attached hydrogens (tertiary/aromatic N) is 3. The van der Waals surface area contributed by atoms with Crippen molar-refractivity contribution >= 4 is 11.6 Å². The number of hydrogen-bond acceptors (Lipinski definition) is 5. The molecule has 1 aliphatic heterocycles. The van der Waals surface area contributed by atoms with E-state index in [0.717, 1.165) is 30.1 Å². The van der Waals surface area contributed by atoms with Crippen LogP contribution in [0.25, 0.3) is 11.4 Å². The molecule has 0 spiro atoms. The van der Waals surface area contributed by atoms with Gasteiger partial charge in [-0.25, -0.2) is 0 Å². The van der Waals surface area contributed by atoms with Gasteiger partial charge in [0.25, 0.3) is 0 Å². The van der Waals surface area contributed by atoms with Gasteiger partial charge in [0, 0.05) is 30.9 Å². The predicted molar refractivity (Wildman–Crippen MR) is 113 cm³/mol. The number of piperidine rings is 1. The Labute approximate surface area is 170 Å². The van der Waals surface area contributed by atoms with Crippen LogP contribution >= 0.6 is 0 Å². The van der Waals surface area contributed by atoms with E-state index in [9.17, 15) is 4.79 Å². The second-order valence-corrected chi connectivity index (χ2v) is 7.81. The molecule has 2 heterocycles. The van der Waals surface area contributed by atoms with Crippen LogP contribution in [0.4, 0.5) is 5.69 Å². The minimum atomic E-state index is -0.372. The van der Waals surface area contributed by atoms with Crippen molar-refractivity contribution in [1.29, 1.82) is 0 Å². The number of rotatable bonds is 5. The fraction of sp³-hybridized carbons (Fsp3) is 0.348. The second kappa shape index (κ2) is 8.47. The van der Waals surface area contributed by atoms with Crippen molar-refractivity contribution in [3.8, 4) is 11.4 Å². The first-order valence-electron chi connectivity index (χ1n) is 10.1. The van der Waals surface area contributed by atoms with Crippen LogP contribution in [0.2, 0.25) is 0 Å². The molecule has 1 saturated heterocycles. The maximum absolute atomic E-state index is 12.3. The number of benzene rings is 2. The first-order chi connectivity index (χ1) is 14.1. The molecule has 0 aliphatic carbocycles. The highest BCUT2D eigenvalue weighted by atomic mass is 16.5. The Morgan fingerprint density at radius 2 is 1.79 bits per heavy atom. The Morgan fingerprint density at radius 3 is 2.48 bits per heavy atom. The molecule has 2 aromatic carbocycles. The van der Waals surface area contributed by atoms with E-state index in [1.165, 1.54) is 24.1 Å². The van der Waals surface area contributed by atoms with Crippen LogP contribution in [0.1, 0.15) is 41.6 Å². The molecule has 1 amide bonds. The summed E-state index contributed by atoms with van der Waals surface area (Å²) in [6.07, 6.45) is 2.46. The van der Waals surface area contributed by atoms with Crippen molar-refractivity contribution in [1.82, 2.24) is 15.5 Å². The maximum Gasteiger partial charge on any atom is 0.316 e. The molecule has 1 aliphatic rings. The summed E-state index contributed by atoms with van der Waals surface area (Å²) in [6, 6.07) is 16.1. The van der Waals surface area contributed by atoms with Crippen LogP contribution in [0.15, 0.2) is 53.1 Å². The van der Waals surface area contributed by atoms with Crippen LogP contribution in [-0.2, 0) is 6.54 Å². The molecule has 3 aromatic rings. The van der Waals surface area contributed by atoms with Crippen molar-refractivity contribution < 1.29 is 9.32 Å². The van der Waals surface area contributed by atoms with Gasteiger partial charge >= 0.3 is 11.8 Å². The number of carbonyl (C=O) groups is 1. The zero-order valence-electron chi connectivity index (χ0n) is 16.9. The summed E-state index contributed by atoms with van der Waals surface area (Å²) in [5.74, 6) is 0.828. The van der Waals surface area contributed by atoms with E-state index in [4.69, 9.17) is 4.52 Å². The minimum absolute atomic E-state index is 0.0267. The standard InChI is InChI=1S/C23H26N4O2/c1-16-3-5-18(6-4-16)15-24-22(28)23-25-21(26-29-23)19-7-9-20(10-8-19)27-13-11-17(2)12-14-27/h3-10,17H,11-15H2,1-2H3,(H,24,28). The van der Waals surface area contributed by atoms with Gasteiger partial charge < -0.3 is 14.7 Å². The average Bonchev–Trinajstić information content (AvgIpc) is 3.24. The first-order valence-corrected chi connectivity index (χ1v) is 10.1. The van der Waals surface area contributed by atoms with Crippen molar-refractivity contribution in [2.45, 2.75) is 33.2 Å². The molecule has 1 fully saturated rings. The summed E-state index contributed by atoms with van der Waals surface area (Å²) in [5.41, 5.74) is 4.24. The highest BCUT2D eigenvalue weighted by Gasteiger charge is 2.18. The number of amides is 1. The van der Waals surface area contributed by atoms with E-state index >= 15 is 0 Å². The van der Waals surface area contributed by atoms with E-state index in [2.05, 4.69) is 39.4 Å². The molecule has 1 N–H and O–H groups in total. The fourth-order valence-electron chi connectivity index (χ4n) is 3.48. The van der Waals surface area contributed by atoms with Gasteiger partial charge in [0.05, 0.1) is 0 Å². The molecule has 150 valence electrons. The zero-order valence-corrected chi connectivity index (χ0v) is 16.9. The number of nitrogens with one attached hydrogen (secondary N) is 1. The Bertz CT molecular complexity index is 955. The molecule has 0 unspecified atom stereocenters. The molecule has 0 atom stereocenters. The molecule has 0 radical (unpaired) electrons. The summed E-state index contributed by atoms with van der Waals surface area (Å²) < 4.78 is 5.16. The molecule has 0 bridgehead atoms. The van der Waals surface area contributed by atoms with Gasteiger partial charge in [-0.1, -0.05) is 41.9 Å². The van der Waals surface area contributed by atoms with Gasteiger partial charge in [-0.05, 0) is 55.5 Å². The Hall–Kier alpha value is -3.15. The molecular formula is C23H26N4O2. The lowest BCUT2D eigenvalue weighted by atomic mass is 9.98. The minimum Gasteiger partial charge on any atom is -0.372 e. The average molecular weight is 390 g/mol. The van der Waals surface area contributed by atoms with Gasteiger partial charge in [-0.2, -0.15) is 4.98 Å². The molecule has 29 heavy (non-hydrogen) atoms. The van der Waals surface area contributed by atoms with Crippen LogP contribution in [-0.4, -0.2) is 29.1 Å². The van der Waals surface area contributed by atoms with E-state index < -0.39 is 0 Å². The van der Waals surface area contributed by atoms with Crippen LogP contribution in [0, 0.1) is 12.8 Å². The highest BCUT2D eigenvalue weighted by Crippen LogP contribution is 2.25. The van der Waals surface area contributed by atoms with Gasteiger partial charge in [0.2, 0.25) is 5.82 Å². The van der Waals surface area contributed by atoms with E-state index in [1.807, 2.05) is 43.3 Å². The number of anilines is 1. The normalized spacial score (nSPS) is 14.8. The number of aryl methyl sites for hydroxylation is 1. The third-order valence-electron chi connectivity index (χ3n) is 5.47. The number of aromatic nitrogens is 2. The number of hydrogen-bond donors (Lipinski definition) is 1. The van der Waals surface area contributed by atoms with Gasteiger partial charge in [-0.3, -0.25) is 4.79 Å². The van der Waals surface area contributed by atoms with Crippen LogP contribution < -0.4 is 10.2 Å². The quantitative estimate of drug-likeness (QED) is 0.707. The summed E-state index contributed by atoms with van der Waals surface area (Å²) >= 11 is 0. The lowest BCUT2D eigenvalue weighted by molar-refractivity contribution is 0.0907. The summed E-state index contributed by atoms with van der Waals surface area (Å²) in [6.45, 7) is 6.94. The summed E-state index contributed by atoms with van der Waals surface area (Å²) in [7, 11) is 0. The van der Waals surface area contributed by atoms with Crippen molar-refractivity contribution in [2.75, 3.05) is 18.0 Å². The lowest BCUT2D eigenvalue weighted by Gasteiger charge is -2.32. The third kappa shape index (κ3) is 4.65. The van der Waals surface area contributed by atoms with E-state index in [1.54, 1.807) is 0 Å². The molecule has 0 saturated carbocycles. The molecule has 4 rings (SSSR count). The first kappa shape index (κ1) is 19.2. The third-order valence-corrected chi connectivity index (χ3v) is 5.47. The predicted octanol–water partition coefficient (Wildman–Crippen LogP) is 4.21. The van der Waals surface area contributed by atoms with Gasteiger partial charge in [0.15, 0.2) is 0 Å². The topological polar surface area (TPSA) is 71.3 Å². The van der Waals surface area contributed by atoms with Crippen molar-refractivity contribution in [2.24, 2.45) is 5.92 Å². The van der Waals surface area contributed by atoms with Gasteiger partial charge in [-0.15, -0.1) is 0 Å². The summed E-state index contributed by atoms with van der Waals surface area (Å²) in [4.78, 5) is 19.0. The van der Waals surface area contributed by atoms with Crippen LogP contribution in [0.5, 0.6) is 0 Å². The largest absolute Gasteiger partial charge is 0.372 e. The Balaban J connectivity index is 1.38. The monoisotopic (exact) mass is 390 g/mol. The SMILES string of the molecule is Cc1ccc(CNC(=O)c2nc(-c3ccc(N4CCC(C)CC4)cc3)no2)cc1. The molecular weight excluding hydrogens is 364 g/mol. The summed E-state index contributed by atoms with van der Waals surface area (Å²) in [5, 5.41) is 6.78. The highest BCUT2D eigenvalue weighted by molar-refractivity contribution is 5.89. The fourth-order valence-corrected chi connectivity index (χ4v) is 3.48. The molecule has 6 nitrogen and oxygen atoms in total. The lowest BCUT2D eigenvalue weighted by Crippen LogP contribution is -2.32. The zero-order chi connectivity index (χ0) is 20.2. The maximum atomic E-state index is 12.3. The number of carbonyl (C=O) groups excluding carboxylic acids is 1.